The highest BCUT2D eigenvalue weighted by atomic mass is 32.1. The summed E-state index contributed by atoms with van der Waals surface area (Å²) in [4.78, 5) is 15.2. The van der Waals surface area contributed by atoms with Gasteiger partial charge in [0, 0.05) is 5.69 Å². The number of benzene rings is 2. The van der Waals surface area contributed by atoms with Gasteiger partial charge in [-0.05, 0) is 42.8 Å². The first-order valence-electron chi connectivity index (χ1n) is 6.69. The molecule has 0 spiro atoms. The molecule has 0 radical (unpaired) electrons. The standard InChI is InChI=1S/C16H14N2O3S/c1-10-8-11(6-7-12(10)18-16(19)20)21-9-15-17-13-4-2-3-5-14(13)22-15/h2-8,18H,9H2,1H3,(H,19,20). The van der Waals surface area contributed by atoms with Crippen LogP contribution in [0, 0.1) is 6.92 Å². The lowest BCUT2D eigenvalue weighted by molar-refractivity contribution is 0.209. The third-order valence-electron chi connectivity index (χ3n) is 3.14. The molecule has 1 aromatic heterocycles. The first-order chi connectivity index (χ1) is 10.6. The first kappa shape index (κ1) is 14.3. The molecule has 0 atom stereocenters. The van der Waals surface area contributed by atoms with Crippen molar-refractivity contribution in [2.24, 2.45) is 0 Å². The van der Waals surface area contributed by atoms with Gasteiger partial charge in [0.1, 0.15) is 17.4 Å². The molecule has 0 saturated heterocycles. The third-order valence-corrected chi connectivity index (χ3v) is 4.15. The van der Waals surface area contributed by atoms with E-state index < -0.39 is 6.09 Å². The minimum absolute atomic E-state index is 0.393. The molecule has 0 aliphatic carbocycles. The van der Waals surface area contributed by atoms with E-state index in [0.717, 1.165) is 20.8 Å². The molecule has 112 valence electrons. The SMILES string of the molecule is Cc1cc(OCc2nc3ccccc3s2)ccc1NC(=O)O. The van der Waals surface area contributed by atoms with Crippen molar-refractivity contribution in [1.29, 1.82) is 0 Å². The molecule has 2 N–H and O–H groups in total. The molecule has 0 saturated carbocycles. The number of thiazole rings is 1. The van der Waals surface area contributed by atoms with Crippen LogP contribution in [0.5, 0.6) is 5.75 Å². The van der Waals surface area contributed by atoms with Crippen LogP contribution in [0.4, 0.5) is 10.5 Å². The predicted octanol–water partition coefficient (Wildman–Crippen LogP) is 4.27. The van der Waals surface area contributed by atoms with Crippen LogP contribution in [0.3, 0.4) is 0 Å². The number of para-hydroxylation sites is 1. The minimum atomic E-state index is -1.08. The lowest BCUT2D eigenvalue weighted by Gasteiger charge is -2.09. The zero-order valence-corrected chi connectivity index (χ0v) is 12.7. The monoisotopic (exact) mass is 314 g/mol. The van der Waals surface area contributed by atoms with E-state index in [4.69, 9.17) is 9.84 Å². The lowest BCUT2D eigenvalue weighted by atomic mass is 10.2. The van der Waals surface area contributed by atoms with Crippen molar-refractivity contribution < 1.29 is 14.6 Å². The quantitative estimate of drug-likeness (QED) is 0.754. The Morgan fingerprint density at radius 3 is 2.86 bits per heavy atom. The minimum Gasteiger partial charge on any atom is -0.486 e. The number of amides is 1. The molecular formula is C16H14N2O3S. The van der Waals surface area contributed by atoms with Crippen LogP contribution >= 0.6 is 11.3 Å². The van der Waals surface area contributed by atoms with Gasteiger partial charge in [-0.3, -0.25) is 5.32 Å². The highest BCUT2D eigenvalue weighted by Crippen LogP contribution is 2.25. The summed E-state index contributed by atoms with van der Waals surface area (Å²) in [5, 5.41) is 12.0. The van der Waals surface area contributed by atoms with Gasteiger partial charge in [0.2, 0.25) is 0 Å². The van der Waals surface area contributed by atoms with Crippen molar-refractivity contribution in [2.45, 2.75) is 13.5 Å². The fourth-order valence-corrected chi connectivity index (χ4v) is 2.99. The van der Waals surface area contributed by atoms with Crippen LogP contribution in [0.1, 0.15) is 10.6 Å². The van der Waals surface area contributed by atoms with E-state index in [-0.39, 0.29) is 0 Å². The van der Waals surface area contributed by atoms with Gasteiger partial charge in [-0.25, -0.2) is 9.78 Å². The van der Waals surface area contributed by atoms with Gasteiger partial charge in [-0.2, -0.15) is 0 Å². The summed E-state index contributed by atoms with van der Waals surface area (Å²) in [6.07, 6.45) is -1.08. The van der Waals surface area contributed by atoms with Crippen molar-refractivity contribution >= 4 is 33.3 Å². The maximum Gasteiger partial charge on any atom is 0.409 e. The van der Waals surface area contributed by atoms with Crippen LogP contribution in [-0.4, -0.2) is 16.2 Å². The number of nitrogens with one attached hydrogen (secondary N) is 1. The van der Waals surface area contributed by atoms with Gasteiger partial charge in [0.05, 0.1) is 10.2 Å². The predicted molar refractivity (Wildman–Crippen MR) is 86.8 cm³/mol. The van der Waals surface area contributed by atoms with Crippen molar-refractivity contribution in [3.05, 3.63) is 53.0 Å². The van der Waals surface area contributed by atoms with E-state index in [9.17, 15) is 4.79 Å². The number of ether oxygens (including phenoxy) is 1. The molecule has 2 aromatic carbocycles. The van der Waals surface area contributed by atoms with E-state index in [1.165, 1.54) is 0 Å². The Bertz CT molecular complexity index is 796. The molecule has 1 heterocycles. The zero-order chi connectivity index (χ0) is 15.5. The third kappa shape index (κ3) is 3.17. The summed E-state index contributed by atoms with van der Waals surface area (Å²) in [5.74, 6) is 0.688. The summed E-state index contributed by atoms with van der Waals surface area (Å²) >= 11 is 1.61. The Labute approximate surface area is 131 Å². The molecule has 0 aliphatic rings. The van der Waals surface area contributed by atoms with E-state index >= 15 is 0 Å². The van der Waals surface area contributed by atoms with Crippen LogP contribution in [-0.2, 0) is 6.61 Å². The number of carbonyl (C=O) groups is 1. The highest BCUT2D eigenvalue weighted by Gasteiger charge is 2.06. The normalized spacial score (nSPS) is 10.6. The number of fused-ring (bicyclic) bond motifs is 1. The fraction of sp³-hybridized carbons (Fsp3) is 0.125. The van der Waals surface area contributed by atoms with Gasteiger partial charge >= 0.3 is 6.09 Å². The van der Waals surface area contributed by atoms with Crippen molar-refractivity contribution in [2.75, 3.05) is 5.32 Å². The number of anilines is 1. The van der Waals surface area contributed by atoms with E-state index in [2.05, 4.69) is 10.3 Å². The number of hydrogen-bond donors (Lipinski definition) is 2. The smallest absolute Gasteiger partial charge is 0.409 e. The molecule has 0 aliphatic heterocycles. The number of nitrogens with zero attached hydrogens (tertiary/aromatic N) is 1. The lowest BCUT2D eigenvalue weighted by Crippen LogP contribution is -2.08. The van der Waals surface area contributed by atoms with Crippen molar-refractivity contribution in [1.82, 2.24) is 4.98 Å². The summed E-state index contributed by atoms with van der Waals surface area (Å²) < 4.78 is 6.87. The Balaban J connectivity index is 1.70. The molecule has 22 heavy (non-hydrogen) atoms. The van der Waals surface area contributed by atoms with Crippen LogP contribution in [0.25, 0.3) is 10.2 Å². The van der Waals surface area contributed by atoms with Crippen molar-refractivity contribution in [3.8, 4) is 5.75 Å². The zero-order valence-electron chi connectivity index (χ0n) is 11.9. The summed E-state index contributed by atoms with van der Waals surface area (Å²) in [5.41, 5.74) is 2.34. The molecular weight excluding hydrogens is 300 g/mol. The number of hydrogen-bond acceptors (Lipinski definition) is 4. The molecule has 6 heteroatoms. The second-order valence-corrected chi connectivity index (χ2v) is 5.89. The Morgan fingerprint density at radius 2 is 2.14 bits per heavy atom. The van der Waals surface area contributed by atoms with Gasteiger partial charge in [-0.15, -0.1) is 11.3 Å². The first-order valence-corrected chi connectivity index (χ1v) is 7.51. The maximum absolute atomic E-state index is 10.7. The van der Waals surface area contributed by atoms with Gasteiger partial charge < -0.3 is 9.84 Å². The Morgan fingerprint density at radius 1 is 1.32 bits per heavy atom. The largest absolute Gasteiger partial charge is 0.486 e. The second kappa shape index (κ2) is 6.03. The van der Waals surface area contributed by atoms with E-state index in [0.29, 0.717) is 18.0 Å². The topological polar surface area (TPSA) is 71.5 Å². The average molecular weight is 314 g/mol. The van der Waals surface area contributed by atoms with E-state index in [1.54, 1.807) is 29.5 Å². The molecule has 3 aromatic rings. The van der Waals surface area contributed by atoms with Crippen LogP contribution in [0.15, 0.2) is 42.5 Å². The van der Waals surface area contributed by atoms with Crippen LogP contribution in [0.2, 0.25) is 0 Å². The van der Waals surface area contributed by atoms with Crippen molar-refractivity contribution in [3.63, 3.8) is 0 Å². The Hall–Kier alpha value is -2.60. The second-order valence-electron chi connectivity index (χ2n) is 4.77. The molecule has 0 fully saturated rings. The van der Waals surface area contributed by atoms with E-state index in [1.807, 2.05) is 31.2 Å². The molecule has 3 rings (SSSR count). The molecule has 5 nitrogen and oxygen atoms in total. The molecule has 0 bridgehead atoms. The van der Waals surface area contributed by atoms with Gasteiger partial charge in [-0.1, -0.05) is 12.1 Å². The van der Waals surface area contributed by atoms with Gasteiger partial charge in [0.25, 0.3) is 0 Å². The average Bonchev–Trinajstić information content (AvgIpc) is 2.90. The summed E-state index contributed by atoms with van der Waals surface area (Å²) in [6, 6.07) is 13.2. The fourth-order valence-electron chi connectivity index (χ4n) is 2.11. The summed E-state index contributed by atoms with van der Waals surface area (Å²) in [7, 11) is 0. The number of rotatable bonds is 4. The van der Waals surface area contributed by atoms with Gasteiger partial charge in [0.15, 0.2) is 0 Å². The Kier molecular flexibility index (Phi) is 3.93. The molecule has 0 unspecified atom stereocenters. The number of carboxylic acid groups (broad SMARTS) is 1. The number of aryl methyl sites for hydroxylation is 1. The highest BCUT2D eigenvalue weighted by molar-refractivity contribution is 7.18. The molecule has 1 amide bonds. The van der Waals surface area contributed by atoms with Crippen LogP contribution < -0.4 is 10.1 Å². The maximum atomic E-state index is 10.7. The summed E-state index contributed by atoms with van der Waals surface area (Å²) in [6.45, 7) is 2.22. The number of aromatic nitrogens is 1.